The minimum Gasteiger partial charge on any atom is -0.313 e. The lowest BCUT2D eigenvalue weighted by Gasteiger charge is -2.33. The van der Waals surface area contributed by atoms with Crippen molar-refractivity contribution in [3.63, 3.8) is 0 Å². The summed E-state index contributed by atoms with van der Waals surface area (Å²) in [5.74, 6) is 0. The first kappa shape index (κ1) is 14.5. The largest absolute Gasteiger partial charge is 0.313 e. The van der Waals surface area contributed by atoms with Gasteiger partial charge in [-0.25, -0.2) is 0 Å². The van der Waals surface area contributed by atoms with E-state index in [0.717, 1.165) is 19.4 Å². The number of rotatable bonds is 7. The fraction of sp³-hybridized carbons (Fsp3) is 0.929. The van der Waals surface area contributed by atoms with Crippen LogP contribution in [-0.2, 0) is 0 Å². The Hall–Kier alpha value is -0.590. The van der Waals surface area contributed by atoms with Gasteiger partial charge in [-0.1, -0.05) is 6.42 Å². The van der Waals surface area contributed by atoms with Gasteiger partial charge in [0.1, 0.15) is 0 Å². The van der Waals surface area contributed by atoms with Gasteiger partial charge >= 0.3 is 0 Å². The van der Waals surface area contributed by atoms with Crippen LogP contribution in [0.4, 0.5) is 0 Å². The molecular weight excluding hydrogens is 210 g/mol. The highest BCUT2D eigenvalue weighted by atomic mass is 15.2. The van der Waals surface area contributed by atoms with Crippen molar-refractivity contribution < 1.29 is 0 Å². The average molecular weight is 237 g/mol. The molecule has 3 nitrogen and oxygen atoms in total. The third-order valence-electron chi connectivity index (χ3n) is 3.58. The maximum Gasteiger partial charge on any atom is 0.0621 e. The third-order valence-corrected chi connectivity index (χ3v) is 3.58. The molecule has 1 N–H and O–H groups in total. The fourth-order valence-corrected chi connectivity index (χ4v) is 2.44. The molecule has 17 heavy (non-hydrogen) atoms. The minimum absolute atomic E-state index is 0.612. The first-order chi connectivity index (χ1) is 8.24. The van der Waals surface area contributed by atoms with Crippen molar-refractivity contribution in [3.8, 4) is 6.07 Å². The lowest BCUT2D eigenvalue weighted by molar-refractivity contribution is 0.182. The van der Waals surface area contributed by atoms with Crippen LogP contribution in [-0.4, -0.2) is 36.6 Å². The number of nitriles is 1. The lowest BCUT2D eigenvalue weighted by Crippen LogP contribution is -2.46. The summed E-state index contributed by atoms with van der Waals surface area (Å²) in [4.78, 5) is 2.56. The van der Waals surface area contributed by atoms with E-state index < -0.39 is 0 Å². The molecule has 1 saturated heterocycles. The molecule has 3 heteroatoms. The van der Waals surface area contributed by atoms with Crippen molar-refractivity contribution in [2.45, 2.75) is 64.5 Å². The summed E-state index contributed by atoms with van der Waals surface area (Å²) in [5, 5.41) is 12.1. The summed E-state index contributed by atoms with van der Waals surface area (Å²) in [6.45, 7) is 8.03. The summed E-state index contributed by atoms with van der Waals surface area (Å²) in [6.07, 6.45) is 6.92. The van der Waals surface area contributed by atoms with Crippen LogP contribution in [0.5, 0.6) is 0 Å². The quantitative estimate of drug-likeness (QED) is 0.692. The fourth-order valence-electron chi connectivity index (χ4n) is 2.44. The van der Waals surface area contributed by atoms with Crippen molar-refractivity contribution in [1.82, 2.24) is 10.2 Å². The number of unbranched alkanes of at least 4 members (excludes halogenated alkanes) is 2. The predicted octanol–water partition coefficient (Wildman–Crippen LogP) is 2.53. The van der Waals surface area contributed by atoms with Crippen molar-refractivity contribution in [3.05, 3.63) is 0 Å². The first-order valence-electron chi connectivity index (χ1n) is 7.08. The summed E-state index contributed by atoms with van der Waals surface area (Å²) in [6, 6.07) is 3.52. The van der Waals surface area contributed by atoms with Crippen LogP contribution < -0.4 is 5.32 Å². The Balaban J connectivity index is 2.24. The van der Waals surface area contributed by atoms with Crippen LogP contribution in [0.1, 0.15) is 52.4 Å². The molecule has 1 aliphatic rings. The Kier molecular flexibility index (Phi) is 7.23. The van der Waals surface area contributed by atoms with E-state index in [0.29, 0.717) is 18.5 Å². The summed E-state index contributed by atoms with van der Waals surface area (Å²) in [5.41, 5.74) is 0. The molecule has 0 aromatic heterocycles. The number of nitrogens with one attached hydrogen (secondary N) is 1. The molecule has 0 bridgehead atoms. The molecule has 0 spiro atoms. The van der Waals surface area contributed by atoms with E-state index in [1.165, 1.54) is 32.4 Å². The van der Waals surface area contributed by atoms with Crippen molar-refractivity contribution in [2.24, 2.45) is 0 Å². The van der Waals surface area contributed by atoms with E-state index in [2.05, 4.69) is 30.1 Å². The zero-order valence-corrected chi connectivity index (χ0v) is 11.4. The Labute approximate surface area is 106 Å². The highest BCUT2D eigenvalue weighted by Gasteiger charge is 2.17. The number of piperidine rings is 1. The lowest BCUT2D eigenvalue weighted by atomic mass is 10.0. The van der Waals surface area contributed by atoms with E-state index in [9.17, 15) is 0 Å². The molecule has 1 heterocycles. The molecule has 0 radical (unpaired) electrons. The van der Waals surface area contributed by atoms with E-state index in [1.54, 1.807) is 0 Å². The van der Waals surface area contributed by atoms with Crippen molar-refractivity contribution >= 4 is 0 Å². The standard InChI is InChI=1S/C14H27N3/c1-13(2)17(11-7-3-5-9-15)12-14-8-4-6-10-16-14/h13-14,16H,3-8,10-12H2,1-2H3. The van der Waals surface area contributed by atoms with Crippen LogP contribution >= 0.6 is 0 Å². The molecule has 98 valence electrons. The van der Waals surface area contributed by atoms with Crippen molar-refractivity contribution in [1.29, 1.82) is 5.26 Å². The highest BCUT2D eigenvalue weighted by Crippen LogP contribution is 2.11. The smallest absolute Gasteiger partial charge is 0.0621 e. The molecule has 0 aliphatic carbocycles. The van der Waals surface area contributed by atoms with Gasteiger partial charge in [0.2, 0.25) is 0 Å². The first-order valence-corrected chi connectivity index (χ1v) is 7.08. The Morgan fingerprint density at radius 1 is 1.35 bits per heavy atom. The van der Waals surface area contributed by atoms with Gasteiger partial charge in [0.15, 0.2) is 0 Å². The predicted molar refractivity (Wildman–Crippen MR) is 71.8 cm³/mol. The summed E-state index contributed by atoms with van der Waals surface area (Å²) >= 11 is 0. The summed E-state index contributed by atoms with van der Waals surface area (Å²) < 4.78 is 0. The van der Waals surface area contributed by atoms with E-state index in [1.807, 2.05) is 0 Å². The van der Waals surface area contributed by atoms with Crippen molar-refractivity contribution in [2.75, 3.05) is 19.6 Å². The maximum absolute atomic E-state index is 8.53. The SMILES string of the molecule is CC(C)N(CCCCC#N)CC1CCCCN1. The third kappa shape index (κ3) is 6.05. The Morgan fingerprint density at radius 3 is 2.76 bits per heavy atom. The molecule has 0 aromatic carbocycles. The minimum atomic E-state index is 0.612. The van der Waals surface area contributed by atoms with Gasteiger partial charge in [0.05, 0.1) is 6.07 Å². The molecule has 0 amide bonds. The summed E-state index contributed by atoms with van der Waals surface area (Å²) in [7, 11) is 0. The second-order valence-electron chi connectivity index (χ2n) is 5.35. The molecule has 1 rings (SSSR count). The Morgan fingerprint density at radius 2 is 2.18 bits per heavy atom. The van der Waals surface area contributed by atoms with E-state index >= 15 is 0 Å². The van der Waals surface area contributed by atoms with E-state index in [4.69, 9.17) is 5.26 Å². The molecule has 0 aromatic rings. The van der Waals surface area contributed by atoms with Gasteiger partial charge < -0.3 is 5.32 Å². The van der Waals surface area contributed by atoms with Crippen LogP contribution in [0.2, 0.25) is 0 Å². The molecule has 0 saturated carbocycles. The van der Waals surface area contributed by atoms with Crippen LogP contribution in [0.15, 0.2) is 0 Å². The van der Waals surface area contributed by atoms with E-state index in [-0.39, 0.29) is 0 Å². The second kappa shape index (κ2) is 8.49. The number of hydrogen-bond donors (Lipinski definition) is 1. The molecule has 1 fully saturated rings. The normalized spacial score (nSPS) is 20.8. The number of hydrogen-bond acceptors (Lipinski definition) is 3. The molecule has 1 atom stereocenters. The second-order valence-corrected chi connectivity index (χ2v) is 5.35. The molecular formula is C14H27N3. The zero-order chi connectivity index (χ0) is 12.5. The van der Waals surface area contributed by atoms with Gasteiger partial charge in [-0.3, -0.25) is 4.90 Å². The molecule has 1 aliphatic heterocycles. The zero-order valence-electron chi connectivity index (χ0n) is 11.4. The van der Waals surface area contributed by atoms with Crippen LogP contribution in [0.25, 0.3) is 0 Å². The van der Waals surface area contributed by atoms with Gasteiger partial charge in [0, 0.05) is 25.0 Å². The topological polar surface area (TPSA) is 39.1 Å². The van der Waals surface area contributed by atoms with Gasteiger partial charge in [-0.15, -0.1) is 0 Å². The monoisotopic (exact) mass is 237 g/mol. The Bertz CT molecular complexity index is 226. The highest BCUT2D eigenvalue weighted by molar-refractivity contribution is 4.78. The number of nitrogens with zero attached hydrogens (tertiary/aromatic N) is 2. The van der Waals surface area contributed by atoms with Gasteiger partial charge in [-0.05, 0) is 52.6 Å². The maximum atomic E-state index is 8.53. The average Bonchev–Trinajstić information content (AvgIpc) is 2.34. The van der Waals surface area contributed by atoms with Gasteiger partial charge in [-0.2, -0.15) is 5.26 Å². The van der Waals surface area contributed by atoms with Crippen LogP contribution in [0.3, 0.4) is 0 Å². The molecule has 1 unspecified atom stereocenters. The van der Waals surface area contributed by atoms with Crippen LogP contribution in [0, 0.1) is 11.3 Å². The van der Waals surface area contributed by atoms with Gasteiger partial charge in [0.25, 0.3) is 0 Å².